The maximum Gasteiger partial charge on any atom is 0.247 e. The SMILES string of the molecule is COc1ccc([C@H](C(=O)NC2CCCCC2)N(CCc2ccccc2)C(=O)Cn2nnc3ccccc32)cc1O. The van der Waals surface area contributed by atoms with Gasteiger partial charge in [0.05, 0.1) is 12.6 Å². The number of phenols is 1. The van der Waals surface area contributed by atoms with Crippen LogP contribution in [0.3, 0.4) is 0 Å². The highest BCUT2D eigenvalue weighted by molar-refractivity contribution is 5.89. The number of hydrogen-bond donors (Lipinski definition) is 2. The highest BCUT2D eigenvalue weighted by atomic mass is 16.5. The van der Waals surface area contributed by atoms with E-state index in [1.807, 2.05) is 54.6 Å². The number of fused-ring (bicyclic) bond motifs is 1. The number of phenolic OH excluding ortho intramolecular Hbond substituents is 1. The van der Waals surface area contributed by atoms with Gasteiger partial charge in [-0.3, -0.25) is 9.59 Å². The van der Waals surface area contributed by atoms with Crippen LogP contribution < -0.4 is 10.1 Å². The number of carbonyl (C=O) groups is 2. The number of hydrogen-bond acceptors (Lipinski definition) is 6. The lowest BCUT2D eigenvalue weighted by molar-refractivity contribution is -0.141. The topological polar surface area (TPSA) is 110 Å². The number of aromatic nitrogens is 3. The molecular weight excluding hydrogens is 506 g/mol. The first-order valence-corrected chi connectivity index (χ1v) is 13.8. The molecule has 0 spiro atoms. The standard InChI is InChI=1S/C31H35N5O4/c1-40-28-17-16-23(20-27(28)37)30(31(39)32-24-12-6-3-7-13-24)35(19-18-22-10-4-2-5-11-22)29(38)21-36-26-15-9-8-14-25(26)33-34-36/h2,4-5,8-11,14-17,20,24,30,37H,3,6-7,12-13,18-19,21H2,1H3,(H,32,39)/t30-/m1/s1. The number of rotatable bonds is 10. The average Bonchev–Trinajstić information content (AvgIpc) is 3.38. The third kappa shape index (κ3) is 6.25. The van der Waals surface area contributed by atoms with Gasteiger partial charge in [0, 0.05) is 12.6 Å². The molecule has 2 N–H and O–H groups in total. The van der Waals surface area contributed by atoms with Gasteiger partial charge < -0.3 is 20.1 Å². The Labute approximate surface area is 233 Å². The largest absolute Gasteiger partial charge is 0.504 e. The lowest BCUT2D eigenvalue weighted by Gasteiger charge is -2.33. The number of nitrogens with one attached hydrogen (secondary N) is 1. The first-order chi connectivity index (χ1) is 19.5. The summed E-state index contributed by atoms with van der Waals surface area (Å²) in [6.45, 7) is 0.218. The lowest BCUT2D eigenvalue weighted by Crippen LogP contribution is -2.48. The van der Waals surface area contributed by atoms with Crippen LogP contribution in [-0.2, 0) is 22.6 Å². The molecule has 208 valence electrons. The van der Waals surface area contributed by atoms with E-state index >= 15 is 0 Å². The van der Waals surface area contributed by atoms with E-state index in [1.165, 1.54) is 13.2 Å². The molecule has 0 saturated heterocycles. The Morgan fingerprint density at radius 3 is 2.55 bits per heavy atom. The Morgan fingerprint density at radius 2 is 1.80 bits per heavy atom. The molecule has 0 radical (unpaired) electrons. The fourth-order valence-corrected chi connectivity index (χ4v) is 5.42. The van der Waals surface area contributed by atoms with E-state index in [9.17, 15) is 14.7 Å². The molecule has 1 aliphatic rings. The summed E-state index contributed by atoms with van der Waals surface area (Å²) >= 11 is 0. The Hall–Kier alpha value is -4.40. The summed E-state index contributed by atoms with van der Waals surface area (Å²) in [4.78, 5) is 29.7. The predicted molar refractivity (Wildman–Crippen MR) is 152 cm³/mol. The summed E-state index contributed by atoms with van der Waals surface area (Å²) in [5.41, 5.74) is 2.99. The van der Waals surface area contributed by atoms with Crippen LogP contribution in [0.2, 0.25) is 0 Å². The molecule has 0 bridgehead atoms. The Bertz CT molecular complexity index is 1450. The van der Waals surface area contributed by atoms with Crippen molar-refractivity contribution in [2.45, 2.75) is 57.2 Å². The first kappa shape index (κ1) is 27.2. The molecule has 0 unspecified atom stereocenters. The van der Waals surface area contributed by atoms with E-state index in [0.717, 1.165) is 43.2 Å². The van der Waals surface area contributed by atoms with Crippen molar-refractivity contribution in [1.82, 2.24) is 25.2 Å². The summed E-state index contributed by atoms with van der Waals surface area (Å²) in [5, 5.41) is 22.2. The van der Waals surface area contributed by atoms with Crippen molar-refractivity contribution in [2.75, 3.05) is 13.7 Å². The van der Waals surface area contributed by atoms with Crippen LogP contribution in [0.4, 0.5) is 0 Å². The molecule has 0 aliphatic heterocycles. The van der Waals surface area contributed by atoms with Gasteiger partial charge in [0.15, 0.2) is 11.5 Å². The molecule has 1 aliphatic carbocycles. The van der Waals surface area contributed by atoms with Gasteiger partial charge in [-0.15, -0.1) is 5.10 Å². The number of carbonyl (C=O) groups excluding carboxylic acids is 2. The molecular formula is C31H35N5O4. The van der Waals surface area contributed by atoms with E-state index in [4.69, 9.17) is 4.74 Å². The van der Waals surface area contributed by atoms with Gasteiger partial charge in [0.1, 0.15) is 18.1 Å². The van der Waals surface area contributed by atoms with Crippen molar-refractivity contribution in [3.8, 4) is 11.5 Å². The monoisotopic (exact) mass is 541 g/mol. The second kappa shape index (κ2) is 12.6. The maximum absolute atomic E-state index is 14.1. The fourth-order valence-electron chi connectivity index (χ4n) is 5.42. The third-order valence-corrected chi connectivity index (χ3v) is 7.54. The first-order valence-electron chi connectivity index (χ1n) is 13.8. The number of amides is 2. The van der Waals surface area contributed by atoms with Crippen LogP contribution in [0.25, 0.3) is 11.0 Å². The van der Waals surface area contributed by atoms with Gasteiger partial charge in [-0.1, -0.05) is 73.0 Å². The van der Waals surface area contributed by atoms with Gasteiger partial charge in [0.25, 0.3) is 0 Å². The zero-order valence-electron chi connectivity index (χ0n) is 22.7. The van der Waals surface area contributed by atoms with Crippen LogP contribution in [-0.4, -0.2) is 56.5 Å². The zero-order valence-corrected chi connectivity index (χ0v) is 22.7. The van der Waals surface area contributed by atoms with Crippen LogP contribution in [0.1, 0.15) is 49.3 Å². The number of aromatic hydroxyl groups is 1. The summed E-state index contributed by atoms with van der Waals surface area (Å²) in [6, 6.07) is 21.3. The van der Waals surface area contributed by atoms with Crippen molar-refractivity contribution in [3.63, 3.8) is 0 Å². The highest BCUT2D eigenvalue weighted by Gasteiger charge is 2.33. The highest BCUT2D eigenvalue weighted by Crippen LogP contribution is 2.32. The van der Waals surface area contributed by atoms with Crippen LogP contribution >= 0.6 is 0 Å². The van der Waals surface area contributed by atoms with Gasteiger partial charge in [0.2, 0.25) is 11.8 Å². The van der Waals surface area contributed by atoms with Crippen molar-refractivity contribution >= 4 is 22.8 Å². The summed E-state index contributed by atoms with van der Waals surface area (Å²) in [7, 11) is 1.47. The molecule has 1 aromatic heterocycles. The number of benzene rings is 3. The zero-order chi connectivity index (χ0) is 27.9. The van der Waals surface area contributed by atoms with E-state index < -0.39 is 6.04 Å². The van der Waals surface area contributed by atoms with Crippen molar-refractivity contribution < 1.29 is 19.4 Å². The number of nitrogens with zero attached hydrogens (tertiary/aromatic N) is 4. The molecule has 1 fully saturated rings. The minimum Gasteiger partial charge on any atom is -0.504 e. The summed E-state index contributed by atoms with van der Waals surface area (Å²) in [6.07, 6.45) is 5.67. The van der Waals surface area contributed by atoms with Crippen molar-refractivity contribution in [1.29, 1.82) is 0 Å². The molecule has 3 aromatic carbocycles. The molecule has 1 saturated carbocycles. The maximum atomic E-state index is 14.1. The van der Waals surface area contributed by atoms with Gasteiger partial charge in [-0.2, -0.15) is 0 Å². The fraction of sp³-hybridized carbons (Fsp3) is 0.355. The third-order valence-electron chi connectivity index (χ3n) is 7.54. The van der Waals surface area contributed by atoms with Gasteiger partial charge in [-0.05, 0) is 54.7 Å². The average molecular weight is 542 g/mol. The normalized spacial score (nSPS) is 14.5. The van der Waals surface area contributed by atoms with E-state index in [1.54, 1.807) is 21.7 Å². The van der Waals surface area contributed by atoms with Crippen LogP contribution in [0.5, 0.6) is 11.5 Å². The molecule has 9 nitrogen and oxygen atoms in total. The van der Waals surface area contributed by atoms with Gasteiger partial charge >= 0.3 is 0 Å². The molecule has 40 heavy (non-hydrogen) atoms. The van der Waals surface area contributed by atoms with Gasteiger partial charge in [-0.25, -0.2) is 4.68 Å². The molecule has 1 atom stereocenters. The summed E-state index contributed by atoms with van der Waals surface area (Å²) in [5.74, 6) is -0.327. The minimum atomic E-state index is -0.954. The Morgan fingerprint density at radius 1 is 1.05 bits per heavy atom. The summed E-state index contributed by atoms with van der Waals surface area (Å²) < 4.78 is 6.80. The molecule has 4 aromatic rings. The Balaban J connectivity index is 1.50. The molecule has 1 heterocycles. The number of ether oxygens (including phenoxy) is 1. The van der Waals surface area contributed by atoms with Crippen LogP contribution in [0.15, 0.2) is 72.8 Å². The predicted octanol–water partition coefficient (Wildman–Crippen LogP) is 4.41. The molecule has 2 amide bonds. The second-order valence-corrected chi connectivity index (χ2v) is 10.2. The lowest BCUT2D eigenvalue weighted by atomic mass is 9.94. The van der Waals surface area contributed by atoms with Crippen LogP contribution in [0, 0.1) is 0 Å². The smallest absolute Gasteiger partial charge is 0.247 e. The minimum absolute atomic E-state index is 0.0564. The molecule has 5 rings (SSSR count). The second-order valence-electron chi connectivity index (χ2n) is 10.2. The number of para-hydroxylation sites is 1. The van der Waals surface area contributed by atoms with E-state index in [-0.39, 0.29) is 30.2 Å². The van der Waals surface area contributed by atoms with E-state index in [2.05, 4.69) is 15.6 Å². The number of methoxy groups -OCH3 is 1. The molecule has 9 heteroatoms. The Kier molecular flexibility index (Phi) is 8.59. The van der Waals surface area contributed by atoms with Crippen molar-refractivity contribution in [3.05, 3.63) is 83.9 Å². The van der Waals surface area contributed by atoms with Crippen molar-refractivity contribution in [2.24, 2.45) is 0 Å². The quantitative estimate of drug-likeness (QED) is 0.308. The van der Waals surface area contributed by atoms with E-state index in [0.29, 0.717) is 29.8 Å².